The number of halogens is 2. The van der Waals surface area contributed by atoms with Crippen LogP contribution in [0.15, 0.2) is 12.5 Å². The molecule has 13 heavy (non-hydrogen) atoms. The highest BCUT2D eigenvalue weighted by Gasteiger charge is 2.11. The fourth-order valence-corrected chi connectivity index (χ4v) is 1.74. The molecule has 0 saturated carbocycles. The van der Waals surface area contributed by atoms with E-state index in [1.54, 1.807) is 9.09 Å². The third-order valence-corrected chi connectivity index (χ3v) is 2.75. The third-order valence-electron chi connectivity index (χ3n) is 1.31. The normalized spacial score (nSPS) is 10.3. The summed E-state index contributed by atoms with van der Waals surface area (Å²) < 4.78 is 2.47. The van der Waals surface area contributed by atoms with E-state index < -0.39 is 0 Å². The molecule has 2 rings (SSSR count). The van der Waals surface area contributed by atoms with Crippen LogP contribution in [-0.4, -0.2) is 28.4 Å². The second-order valence-electron chi connectivity index (χ2n) is 2.08. The molecule has 2 aromatic heterocycles. The van der Waals surface area contributed by atoms with E-state index >= 15 is 0 Å². The predicted octanol–water partition coefficient (Wildman–Crippen LogP) is 0.933. The lowest BCUT2D eigenvalue weighted by atomic mass is 10.4. The van der Waals surface area contributed by atoms with Crippen molar-refractivity contribution in [2.24, 2.45) is 0 Å². The summed E-state index contributed by atoms with van der Waals surface area (Å²) in [6.07, 6.45) is 3.19. The van der Waals surface area contributed by atoms with E-state index in [9.17, 15) is 0 Å². The molecule has 0 amide bonds. The van der Waals surface area contributed by atoms with E-state index in [2.05, 4.69) is 48.1 Å². The number of hydrogen-bond donors (Lipinski definition) is 0. The minimum atomic E-state index is 0.632. The van der Waals surface area contributed by atoms with Gasteiger partial charge in [-0.05, 0) is 33.0 Å². The van der Waals surface area contributed by atoms with Crippen LogP contribution >= 0.6 is 45.5 Å². The largest absolute Gasteiger partial charge is 0.244 e. The van der Waals surface area contributed by atoms with Gasteiger partial charge in [0, 0.05) is 6.20 Å². The molecule has 0 aromatic carbocycles. The van der Waals surface area contributed by atoms with Crippen molar-refractivity contribution in [1.29, 1.82) is 0 Å². The zero-order valence-electron chi connectivity index (χ0n) is 6.09. The minimum Gasteiger partial charge on any atom is -0.244 e. The van der Waals surface area contributed by atoms with Crippen molar-refractivity contribution in [1.82, 2.24) is 28.4 Å². The van der Waals surface area contributed by atoms with Crippen LogP contribution in [0.2, 0.25) is 0 Å². The van der Waals surface area contributed by atoms with Gasteiger partial charge in [-0.2, -0.15) is 2.90 Å². The lowest BCUT2D eigenvalue weighted by Gasteiger charge is -1.97. The standard InChI is InChI=1S/C5H2I2N6/c6-3-1-8-2-9-4(3)5-10-11-12-13(5)7/h1-2H. The lowest BCUT2D eigenvalue weighted by molar-refractivity contribution is 0.870. The first-order valence-corrected chi connectivity index (χ1v) is 5.24. The van der Waals surface area contributed by atoms with Crippen molar-refractivity contribution in [2.75, 3.05) is 0 Å². The fraction of sp³-hybridized carbons (Fsp3) is 0. The molecule has 0 spiro atoms. The summed E-state index contributed by atoms with van der Waals surface area (Å²) in [6.45, 7) is 0. The molecule has 8 heteroatoms. The molecule has 0 radical (unpaired) electrons. The smallest absolute Gasteiger partial charge is 0.211 e. The Morgan fingerprint density at radius 2 is 2.23 bits per heavy atom. The molecule has 66 valence electrons. The zero-order chi connectivity index (χ0) is 9.26. The van der Waals surface area contributed by atoms with Gasteiger partial charge in [0.25, 0.3) is 0 Å². The predicted molar refractivity (Wildman–Crippen MR) is 61.0 cm³/mol. The molecule has 0 unspecified atom stereocenters. The number of aromatic nitrogens is 6. The van der Waals surface area contributed by atoms with Crippen LogP contribution in [0.5, 0.6) is 0 Å². The summed E-state index contributed by atoms with van der Waals surface area (Å²) in [6, 6.07) is 0. The van der Waals surface area contributed by atoms with E-state index in [0.29, 0.717) is 5.82 Å². The number of tetrazole rings is 1. The number of nitrogens with zero attached hydrogens (tertiary/aromatic N) is 6. The Labute approximate surface area is 101 Å². The number of rotatable bonds is 1. The van der Waals surface area contributed by atoms with Gasteiger partial charge >= 0.3 is 0 Å². The van der Waals surface area contributed by atoms with Gasteiger partial charge in [-0.15, -0.1) is 5.10 Å². The Bertz CT molecular complexity index is 426. The Balaban J connectivity index is 2.59. The van der Waals surface area contributed by atoms with Crippen LogP contribution in [0.1, 0.15) is 0 Å². The highest BCUT2D eigenvalue weighted by atomic mass is 127. The first-order chi connectivity index (χ1) is 6.29. The second-order valence-corrected chi connectivity index (χ2v) is 4.16. The maximum absolute atomic E-state index is 4.09. The van der Waals surface area contributed by atoms with Crippen molar-refractivity contribution < 1.29 is 0 Å². The average Bonchev–Trinajstić information content (AvgIpc) is 2.52. The van der Waals surface area contributed by atoms with Gasteiger partial charge < -0.3 is 0 Å². The SMILES string of the molecule is Ic1cncnc1-c1nnnn1I. The van der Waals surface area contributed by atoms with Crippen molar-refractivity contribution >= 4 is 45.5 Å². The summed E-state index contributed by atoms with van der Waals surface area (Å²) in [5.74, 6) is 0.632. The molecular weight excluding hydrogens is 398 g/mol. The van der Waals surface area contributed by atoms with Gasteiger partial charge in [0.15, 0.2) is 0 Å². The van der Waals surface area contributed by atoms with E-state index in [-0.39, 0.29) is 0 Å². The Morgan fingerprint density at radius 3 is 2.85 bits per heavy atom. The molecule has 0 bridgehead atoms. The van der Waals surface area contributed by atoms with E-state index in [0.717, 1.165) is 9.26 Å². The van der Waals surface area contributed by atoms with Gasteiger partial charge in [-0.1, -0.05) is 0 Å². The molecule has 6 nitrogen and oxygen atoms in total. The van der Waals surface area contributed by atoms with Gasteiger partial charge in [0.2, 0.25) is 5.82 Å². The van der Waals surface area contributed by atoms with Crippen LogP contribution in [-0.2, 0) is 0 Å². The molecule has 0 saturated heterocycles. The van der Waals surface area contributed by atoms with Crippen LogP contribution in [0.3, 0.4) is 0 Å². The Kier molecular flexibility index (Phi) is 2.66. The Hall–Kier alpha value is -0.390. The number of hydrogen-bond acceptors (Lipinski definition) is 5. The monoisotopic (exact) mass is 400 g/mol. The van der Waals surface area contributed by atoms with Gasteiger partial charge in [-0.3, -0.25) is 0 Å². The lowest BCUT2D eigenvalue weighted by Crippen LogP contribution is -1.94. The maximum atomic E-state index is 4.09. The first kappa shape index (κ1) is 9.18. The summed E-state index contributed by atoms with van der Waals surface area (Å²) >= 11 is 4.13. The highest BCUT2D eigenvalue weighted by Crippen LogP contribution is 2.19. The van der Waals surface area contributed by atoms with Crippen LogP contribution in [0, 0.1) is 3.57 Å². The molecule has 0 fully saturated rings. The van der Waals surface area contributed by atoms with Gasteiger partial charge in [-0.25, -0.2) is 9.97 Å². The quantitative estimate of drug-likeness (QED) is 0.667. The van der Waals surface area contributed by atoms with Crippen LogP contribution in [0.4, 0.5) is 0 Å². The molecule has 0 aliphatic heterocycles. The average molecular weight is 400 g/mol. The molecule has 0 N–H and O–H groups in total. The molecule has 2 heterocycles. The van der Waals surface area contributed by atoms with E-state index in [1.807, 2.05) is 22.9 Å². The zero-order valence-corrected chi connectivity index (χ0v) is 10.4. The third kappa shape index (κ3) is 1.77. The maximum Gasteiger partial charge on any atom is 0.211 e. The van der Waals surface area contributed by atoms with Crippen LogP contribution < -0.4 is 0 Å². The van der Waals surface area contributed by atoms with Gasteiger partial charge in [0.05, 0.1) is 26.4 Å². The molecule has 0 atom stereocenters. The topological polar surface area (TPSA) is 69.4 Å². The first-order valence-electron chi connectivity index (χ1n) is 3.19. The van der Waals surface area contributed by atoms with E-state index in [4.69, 9.17) is 0 Å². The minimum absolute atomic E-state index is 0.632. The van der Waals surface area contributed by atoms with Crippen molar-refractivity contribution in [3.8, 4) is 11.5 Å². The summed E-state index contributed by atoms with van der Waals surface area (Å²) in [5.41, 5.74) is 0.745. The fourth-order valence-electron chi connectivity index (χ4n) is 0.789. The Morgan fingerprint density at radius 1 is 1.38 bits per heavy atom. The summed E-state index contributed by atoms with van der Waals surface area (Å²) in [7, 11) is 0. The molecular formula is C5H2I2N6. The van der Waals surface area contributed by atoms with E-state index in [1.165, 1.54) is 6.33 Å². The summed E-state index contributed by atoms with van der Waals surface area (Å²) in [4.78, 5) is 7.98. The van der Waals surface area contributed by atoms with Crippen molar-refractivity contribution in [3.63, 3.8) is 0 Å². The van der Waals surface area contributed by atoms with Crippen LogP contribution in [0.25, 0.3) is 11.5 Å². The highest BCUT2D eigenvalue weighted by molar-refractivity contribution is 14.1. The molecule has 2 aromatic rings. The second kappa shape index (κ2) is 3.77. The molecule has 0 aliphatic carbocycles. The summed E-state index contributed by atoms with van der Waals surface area (Å²) in [5, 5.41) is 11.1. The van der Waals surface area contributed by atoms with Crippen molar-refractivity contribution in [2.45, 2.75) is 0 Å². The van der Waals surface area contributed by atoms with Crippen molar-refractivity contribution in [3.05, 3.63) is 16.1 Å². The molecule has 0 aliphatic rings. The van der Waals surface area contributed by atoms with Gasteiger partial charge in [0.1, 0.15) is 12.0 Å².